The lowest BCUT2D eigenvalue weighted by Gasteiger charge is -2.25. The third-order valence-electron chi connectivity index (χ3n) is 2.54. The molecule has 0 fully saturated rings. The summed E-state index contributed by atoms with van der Waals surface area (Å²) >= 11 is 0. The van der Waals surface area contributed by atoms with Gasteiger partial charge in [-0.2, -0.15) is 0 Å². The summed E-state index contributed by atoms with van der Waals surface area (Å²) in [6.45, 7) is 3.16. The standard InChI is InChI=1S/C10H23N3O2/c1-3-9(10(11)12-15)13(2)7-5-4-6-8-14/h9,14-15H,3-8H2,1-2H3,(H2,11,12). The minimum absolute atomic E-state index is 0.00382. The Morgan fingerprint density at radius 2 is 2.07 bits per heavy atom. The van der Waals surface area contributed by atoms with Gasteiger partial charge in [0.05, 0.1) is 6.04 Å². The number of amidine groups is 1. The molecule has 0 aliphatic rings. The Morgan fingerprint density at radius 1 is 1.40 bits per heavy atom. The highest BCUT2D eigenvalue weighted by atomic mass is 16.4. The molecule has 5 nitrogen and oxygen atoms in total. The average Bonchev–Trinajstić information content (AvgIpc) is 2.25. The monoisotopic (exact) mass is 217 g/mol. The Morgan fingerprint density at radius 3 is 2.53 bits per heavy atom. The van der Waals surface area contributed by atoms with Gasteiger partial charge < -0.3 is 16.0 Å². The topological polar surface area (TPSA) is 82.1 Å². The highest BCUT2D eigenvalue weighted by Crippen LogP contribution is 2.04. The molecule has 15 heavy (non-hydrogen) atoms. The Bertz CT molecular complexity index is 186. The fourth-order valence-corrected chi connectivity index (χ4v) is 1.62. The zero-order valence-corrected chi connectivity index (χ0v) is 9.69. The van der Waals surface area contributed by atoms with Gasteiger partial charge in [-0.3, -0.25) is 4.90 Å². The Kier molecular flexibility index (Phi) is 8.04. The van der Waals surface area contributed by atoms with Crippen LogP contribution in [0, 0.1) is 0 Å². The molecule has 0 saturated heterocycles. The van der Waals surface area contributed by atoms with E-state index in [0.29, 0.717) is 0 Å². The number of aliphatic hydroxyl groups is 1. The van der Waals surface area contributed by atoms with Crippen molar-refractivity contribution in [3.63, 3.8) is 0 Å². The molecule has 0 saturated carbocycles. The average molecular weight is 217 g/mol. The van der Waals surface area contributed by atoms with Gasteiger partial charge in [0.15, 0.2) is 5.84 Å². The third-order valence-corrected chi connectivity index (χ3v) is 2.54. The van der Waals surface area contributed by atoms with Gasteiger partial charge in [0.25, 0.3) is 0 Å². The molecule has 0 heterocycles. The summed E-state index contributed by atoms with van der Waals surface area (Å²) in [6.07, 6.45) is 3.69. The molecule has 1 atom stereocenters. The van der Waals surface area contributed by atoms with Crippen LogP contribution in [0.4, 0.5) is 0 Å². The van der Waals surface area contributed by atoms with E-state index in [4.69, 9.17) is 16.0 Å². The molecule has 90 valence electrons. The first-order valence-corrected chi connectivity index (χ1v) is 5.45. The van der Waals surface area contributed by atoms with Crippen molar-refractivity contribution in [2.24, 2.45) is 10.9 Å². The van der Waals surface area contributed by atoms with E-state index in [1.54, 1.807) is 0 Å². The molecule has 0 radical (unpaired) electrons. The van der Waals surface area contributed by atoms with Crippen LogP contribution in [-0.2, 0) is 0 Å². The van der Waals surface area contributed by atoms with Gasteiger partial charge in [-0.05, 0) is 39.3 Å². The van der Waals surface area contributed by atoms with Crippen LogP contribution in [0.2, 0.25) is 0 Å². The van der Waals surface area contributed by atoms with Gasteiger partial charge in [0.1, 0.15) is 0 Å². The summed E-state index contributed by atoms with van der Waals surface area (Å²) < 4.78 is 0. The molecule has 5 heteroatoms. The lowest BCUT2D eigenvalue weighted by atomic mass is 10.1. The van der Waals surface area contributed by atoms with Gasteiger partial charge in [0.2, 0.25) is 0 Å². The van der Waals surface area contributed by atoms with E-state index in [1.165, 1.54) is 0 Å². The van der Waals surface area contributed by atoms with Crippen LogP contribution < -0.4 is 5.73 Å². The number of aliphatic hydroxyl groups excluding tert-OH is 1. The number of nitrogens with zero attached hydrogens (tertiary/aromatic N) is 2. The predicted octanol–water partition coefficient (Wildman–Crippen LogP) is 0.606. The molecule has 0 aromatic heterocycles. The number of hydrogen-bond acceptors (Lipinski definition) is 4. The van der Waals surface area contributed by atoms with Crippen LogP contribution >= 0.6 is 0 Å². The first-order valence-electron chi connectivity index (χ1n) is 5.45. The summed E-state index contributed by atoms with van der Waals surface area (Å²) in [7, 11) is 1.96. The lowest BCUT2D eigenvalue weighted by molar-refractivity contribution is 0.253. The largest absolute Gasteiger partial charge is 0.409 e. The number of likely N-dealkylation sites (N-methyl/N-ethyl adjacent to an activating group) is 1. The molecule has 0 bridgehead atoms. The molecule has 0 spiro atoms. The van der Waals surface area contributed by atoms with Crippen molar-refractivity contribution in [3.8, 4) is 0 Å². The van der Waals surface area contributed by atoms with Crippen LogP contribution in [0.5, 0.6) is 0 Å². The summed E-state index contributed by atoms with van der Waals surface area (Å²) in [5, 5.41) is 20.3. The SMILES string of the molecule is CCC(C(N)=NO)N(C)CCCCCO. The Labute approximate surface area is 91.6 Å². The van der Waals surface area contributed by atoms with Crippen molar-refractivity contribution < 1.29 is 10.3 Å². The van der Waals surface area contributed by atoms with Crippen molar-refractivity contribution in [2.75, 3.05) is 20.2 Å². The summed E-state index contributed by atoms with van der Waals surface area (Å²) in [4.78, 5) is 2.08. The summed E-state index contributed by atoms with van der Waals surface area (Å²) in [5.74, 6) is 0.266. The highest BCUT2D eigenvalue weighted by Gasteiger charge is 2.16. The van der Waals surface area contributed by atoms with E-state index in [9.17, 15) is 0 Å². The van der Waals surface area contributed by atoms with Crippen LogP contribution in [0.15, 0.2) is 5.16 Å². The lowest BCUT2D eigenvalue weighted by Crippen LogP contribution is -2.42. The quantitative estimate of drug-likeness (QED) is 0.183. The second-order valence-corrected chi connectivity index (χ2v) is 3.71. The van der Waals surface area contributed by atoms with Gasteiger partial charge in [-0.15, -0.1) is 0 Å². The third kappa shape index (κ3) is 5.59. The molecule has 0 amide bonds. The Balaban J connectivity index is 3.89. The second kappa shape index (κ2) is 8.49. The maximum absolute atomic E-state index is 8.63. The Hall–Kier alpha value is -0.810. The van der Waals surface area contributed by atoms with Gasteiger partial charge in [0, 0.05) is 6.61 Å². The second-order valence-electron chi connectivity index (χ2n) is 3.71. The number of unbranched alkanes of at least 4 members (excludes halogenated alkanes) is 2. The van der Waals surface area contributed by atoms with Crippen molar-refractivity contribution in [1.82, 2.24) is 4.90 Å². The molecular formula is C10H23N3O2. The first-order chi connectivity index (χ1) is 7.17. The van der Waals surface area contributed by atoms with Gasteiger partial charge in [-0.25, -0.2) is 0 Å². The van der Waals surface area contributed by atoms with E-state index in [2.05, 4.69) is 10.1 Å². The minimum atomic E-state index is 0.00382. The van der Waals surface area contributed by atoms with Crippen LogP contribution in [0.25, 0.3) is 0 Å². The van der Waals surface area contributed by atoms with Gasteiger partial charge in [-0.1, -0.05) is 12.1 Å². The van der Waals surface area contributed by atoms with E-state index in [0.717, 1.165) is 32.2 Å². The smallest absolute Gasteiger partial charge is 0.156 e. The van der Waals surface area contributed by atoms with Crippen molar-refractivity contribution in [1.29, 1.82) is 0 Å². The summed E-state index contributed by atoms with van der Waals surface area (Å²) in [6, 6.07) is 0.00382. The molecular weight excluding hydrogens is 194 g/mol. The number of oxime groups is 1. The minimum Gasteiger partial charge on any atom is -0.409 e. The zero-order chi connectivity index (χ0) is 11.7. The summed E-state index contributed by atoms with van der Waals surface area (Å²) in [5.41, 5.74) is 5.58. The maximum Gasteiger partial charge on any atom is 0.156 e. The van der Waals surface area contributed by atoms with Crippen molar-refractivity contribution >= 4 is 5.84 Å². The molecule has 0 aliphatic carbocycles. The van der Waals surface area contributed by atoms with Crippen LogP contribution in [0.3, 0.4) is 0 Å². The van der Waals surface area contributed by atoms with Crippen molar-refractivity contribution in [3.05, 3.63) is 0 Å². The highest BCUT2D eigenvalue weighted by molar-refractivity contribution is 5.85. The van der Waals surface area contributed by atoms with Crippen LogP contribution in [0.1, 0.15) is 32.6 Å². The van der Waals surface area contributed by atoms with Crippen molar-refractivity contribution in [2.45, 2.75) is 38.6 Å². The fraction of sp³-hybridized carbons (Fsp3) is 0.900. The normalized spacial score (nSPS) is 14.5. The molecule has 0 rings (SSSR count). The van der Waals surface area contributed by atoms with E-state index in [-0.39, 0.29) is 18.5 Å². The number of hydrogen-bond donors (Lipinski definition) is 3. The molecule has 1 unspecified atom stereocenters. The predicted molar refractivity (Wildman–Crippen MR) is 61.1 cm³/mol. The maximum atomic E-state index is 8.63. The molecule has 0 aliphatic heterocycles. The molecule has 0 aromatic rings. The number of nitrogens with two attached hydrogens (primary N) is 1. The van der Waals surface area contributed by atoms with Crippen LogP contribution in [-0.4, -0.2) is 47.3 Å². The number of rotatable bonds is 8. The zero-order valence-electron chi connectivity index (χ0n) is 9.69. The molecule has 0 aromatic carbocycles. The van der Waals surface area contributed by atoms with Gasteiger partial charge >= 0.3 is 0 Å². The molecule has 4 N–H and O–H groups in total. The van der Waals surface area contributed by atoms with E-state index >= 15 is 0 Å². The fourth-order valence-electron chi connectivity index (χ4n) is 1.62. The van der Waals surface area contributed by atoms with E-state index in [1.807, 2.05) is 14.0 Å². The first kappa shape index (κ1) is 14.2. The van der Waals surface area contributed by atoms with E-state index < -0.39 is 0 Å².